The topological polar surface area (TPSA) is 32.3 Å². The molecule has 0 saturated heterocycles. The molecule has 0 saturated carbocycles. The molecule has 4 heteroatoms. The predicted octanol–water partition coefficient (Wildman–Crippen LogP) is 17.5. The molecule has 0 bridgehead atoms. The number of hydrogen-bond acceptors (Lipinski definition) is 4. The Morgan fingerprint density at radius 2 is 0.485 bits per heavy atom. The molecule has 0 atom stereocenters. The van der Waals surface area contributed by atoms with Crippen LogP contribution >= 0.6 is 0 Å². The van der Waals surface area contributed by atoms with Gasteiger partial charge in [0, 0.05) is 66.8 Å². The van der Waals surface area contributed by atoms with Crippen LogP contribution in [-0.2, 0) is 0 Å². The van der Waals surface area contributed by atoms with E-state index < -0.39 is 0 Å². The standard InChI is InChI=1S/C64H44N4/c1-7-19-47(20-8-1)61-43-59(45-31-35-53(36-32-45)67(49-23-11-3-12-24-49)50-25-13-4-14-26-50)57-41-40-56-55(63(57)65-61)39-42-58-60(44-62(66-64(56)58)48-21-9-2-10-22-48)46-33-37-54(38-34-46)68(51-27-15-5-16-28-51)52-29-17-6-18-30-52/h1-44H. The van der Waals surface area contributed by atoms with Crippen LogP contribution in [-0.4, -0.2) is 9.97 Å². The summed E-state index contributed by atoms with van der Waals surface area (Å²) in [5.41, 5.74) is 16.9. The number of hydrogen-bond donors (Lipinski definition) is 0. The molecule has 68 heavy (non-hydrogen) atoms. The molecule has 0 amide bonds. The number of nitrogens with zero attached hydrogens (tertiary/aromatic N) is 4. The molecule has 0 N–H and O–H groups in total. The van der Waals surface area contributed by atoms with Gasteiger partial charge >= 0.3 is 0 Å². The fourth-order valence-electron chi connectivity index (χ4n) is 9.56. The predicted molar refractivity (Wildman–Crippen MR) is 286 cm³/mol. The highest BCUT2D eigenvalue weighted by molar-refractivity contribution is 6.19. The Hall–Kier alpha value is -9.12. The summed E-state index contributed by atoms with van der Waals surface area (Å²) in [7, 11) is 0. The number of para-hydroxylation sites is 4. The molecule has 0 radical (unpaired) electrons. The second-order valence-electron chi connectivity index (χ2n) is 17.0. The van der Waals surface area contributed by atoms with E-state index in [2.05, 4.69) is 277 Å². The zero-order valence-electron chi connectivity index (χ0n) is 37.2. The Morgan fingerprint density at radius 3 is 0.794 bits per heavy atom. The first kappa shape index (κ1) is 40.4. The van der Waals surface area contributed by atoms with Gasteiger partial charge in [-0.25, -0.2) is 9.97 Å². The van der Waals surface area contributed by atoms with E-state index in [1.54, 1.807) is 0 Å². The SMILES string of the molecule is c1ccc(-c2cc(-c3ccc(N(c4ccccc4)c4ccccc4)cc3)c3ccc4c(ccc5c(-c6ccc(N(c7ccccc7)c7ccccc7)cc6)cc(-c6ccccc6)nc54)c3n2)cc1. The molecule has 0 unspecified atom stereocenters. The van der Waals surface area contributed by atoms with Gasteiger partial charge in [0.05, 0.1) is 22.4 Å². The fourth-order valence-corrected chi connectivity index (χ4v) is 9.56. The average Bonchev–Trinajstić information content (AvgIpc) is 3.42. The van der Waals surface area contributed by atoms with E-state index in [4.69, 9.17) is 9.97 Å². The van der Waals surface area contributed by atoms with Crippen molar-refractivity contribution in [2.75, 3.05) is 9.80 Å². The maximum Gasteiger partial charge on any atom is 0.0794 e. The molecule has 2 aromatic heterocycles. The molecule has 0 aliphatic carbocycles. The van der Waals surface area contributed by atoms with E-state index in [1.807, 2.05) is 0 Å². The molecule has 2 heterocycles. The lowest BCUT2D eigenvalue weighted by Crippen LogP contribution is -2.09. The molecule has 0 spiro atoms. The number of anilines is 6. The summed E-state index contributed by atoms with van der Waals surface area (Å²) in [6.45, 7) is 0. The number of pyridine rings is 2. The molecule has 0 fully saturated rings. The summed E-state index contributed by atoms with van der Waals surface area (Å²) in [5.74, 6) is 0. The molecule has 320 valence electrons. The number of fused-ring (bicyclic) bond motifs is 5. The highest BCUT2D eigenvalue weighted by Gasteiger charge is 2.19. The van der Waals surface area contributed by atoms with Gasteiger partial charge in [-0.05, 0) is 107 Å². The summed E-state index contributed by atoms with van der Waals surface area (Å²) in [6.07, 6.45) is 0. The van der Waals surface area contributed by atoms with Gasteiger partial charge in [-0.15, -0.1) is 0 Å². The van der Waals surface area contributed by atoms with Crippen LogP contribution in [0.4, 0.5) is 34.1 Å². The largest absolute Gasteiger partial charge is 0.311 e. The number of aromatic nitrogens is 2. The first-order valence-electron chi connectivity index (χ1n) is 23.1. The van der Waals surface area contributed by atoms with Crippen molar-refractivity contribution in [2.24, 2.45) is 0 Å². The van der Waals surface area contributed by atoms with Crippen LogP contribution in [0.15, 0.2) is 267 Å². The molecular formula is C64H44N4. The Balaban J connectivity index is 1.02. The van der Waals surface area contributed by atoms with Gasteiger partial charge in [0.15, 0.2) is 0 Å². The van der Waals surface area contributed by atoms with E-state index in [-0.39, 0.29) is 0 Å². The van der Waals surface area contributed by atoms with Crippen LogP contribution in [0.5, 0.6) is 0 Å². The maximum atomic E-state index is 5.49. The summed E-state index contributed by atoms with van der Waals surface area (Å²) in [5, 5.41) is 4.29. The Labute approximate surface area is 396 Å². The molecule has 10 aromatic carbocycles. The van der Waals surface area contributed by atoms with Gasteiger partial charge < -0.3 is 9.80 Å². The summed E-state index contributed by atoms with van der Waals surface area (Å²) >= 11 is 0. The van der Waals surface area contributed by atoms with Gasteiger partial charge in [-0.1, -0.05) is 182 Å². The third-order valence-electron chi connectivity index (χ3n) is 12.8. The molecule has 12 aromatic rings. The quantitative estimate of drug-likeness (QED) is 0.128. The lowest BCUT2D eigenvalue weighted by molar-refractivity contribution is 1.28. The maximum absolute atomic E-state index is 5.49. The molecule has 0 aliphatic rings. The highest BCUT2D eigenvalue weighted by atomic mass is 15.1. The normalized spacial score (nSPS) is 11.2. The van der Waals surface area contributed by atoms with Crippen LogP contribution in [0.2, 0.25) is 0 Å². The van der Waals surface area contributed by atoms with Gasteiger partial charge in [0.1, 0.15) is 0 Å². The molecule has 4 nitrogen and oxygen atoms in total. The Morgan fingerprint density at radius 1 is 0.221 bits per heavy atom. The second-order valence-corrected chi connectivity index (χ2v) is 17.0. The lowest BCUT2D eigenvalue weighted by Gasteiger charge is -2.25. The zero-order valence-corrected chi connectivity index (χ0v) is 37.2. The van der Waals surface area contributed by atoms with Crippen molar-refractivity contribution in [3.8, 4) is 44.8 Å². The summed E-state index contributed by atoms with van der Waals surface area (Å²) in [6, 6.07) is 94.5. The fraction of sp³-hybridized carbons (Fsp3) is 0. The van der Waals surface area contributed by atoms with Crippen molar-refractivity contribution in [2.45, 2.75) is 0 Å². The Kier molecular flexibility index (Phi) is 10.5. The molecular weight excluding hydrogens is 825 g/mol. The first-order valence-corrected chi connectivity index (χ1v) is 23.1. The van der Waals surface area contributed by atoms with E-state index in [9.17, 15) is 0 Å². The number of benzene rings is 10. The van der Waals surface area contributed by atoms with Crippen LogP contribution in [0.25, 0.3) is 77.3 Å². The minimum Gasteiger partial charge on any atom is -0.311 e. The van der Waals surface area contributed by atoms with Crippen LogP contribution in [0.3, 0.4) is 0 Å². The van der Waals surface area contributed by atoms with Gasteiger partial charge in [-0.2, -0.15) is 0 Å². The van der Waals surface area contributed by atoms with Crippen molar-refractivity contribution in [1.82, 2.24) is 9.97 Å². The van der Waals surface area contributed by atoms with Crippen molar-refractivity contribution >= 4 is 66.7 Å². The van der Waals surface area contributed by atoms with Crippen molar-refractivity contribution in [3.05, 3.63) is 267 Å². The summed E-state index contributed by atoms with van der Waals surface area (Å²) < 4.78 is 0. The number of rotatable bonds is 10. The van der Waals surface area contributed by atoms with Crippen LogP contribution in [0.1, 0.15) is 0 Å². The third-order valence-corrected chi connectivity index (χ3v) is 12.8. The second kappa shape index (κ2) is 17.7. The van der Waals surface area contributed by atoms with E-state index in [0.29, 0.717) is 0 Å². The third kappa shape index (κ3) is 7.60. The minimum absolute atomic E-state index is 0.923. The summed E-state index contributed by atoms with van der Waals surface area (Å²) in [4.78, 5) is 15.6. The smallest absolute Gasteiger partial charge is 0.0794 e. The van der Waals surface area contributed by atoms with E-state index >= 15 is 0 Å². The van der Waals surface area contributed by atoms with Gasteiger partial charge in [0.2, 0.25) is 0 Å². The van der Waals surface area contributed by atoms with Gasteiger partial charge in [-0.3, -0.25) is 0 Å². The van der Waals surface area contributed by atoms with Gasteiger partial charge in [0.25, 0.3) is 0 Å². The van der Waals surface area contributed by atoms with Crippen molar-refractivity contribution in [1.29, 1.82) is 0 Å². The van der Waals surface area contributed by atoms with Crippen molar-refractivity contribution < 1.29 is 0 Å². The average molecular weight is 869 g/mol. The van der Waals surface area contributed by atoms with Crippen LogP contribution < -0.4 is 9.80 Å². The highest BCUT2D eigenvalue weighted by Crippen LogP contribution is 2.43. The van der Waals surface area contributed by atoms with Crippen LogP contribution in [0, 0.1) is 0 Å². The minimum atomic E-state index is 0.923. The first-order chi connectivity index (χ1) is 33.7. The van der Waals surface area contributed by atoms with E-state index in [0.717, 1.165) is 111 Å². The monoisotopic (exact) mass is 868 g/mol. The zero-order chi connectivity index (χ0) is 45.2. The molecule has 12 rings (SSSR count). The molecule has 0 aliphatic heterocycles. The van der Waals surface area contributed by atoms with Crippen molar-refractivity contribution in [3.63, 3.8) is 0 Å². The Bertz CT molecular complexity index is 3350. The lowest BCUT2D eigenvalue weighted by atomic mass is 9.92. The van der Waals surface area contributed by atoms with E-state index in [1.165, 1.54) is 0 Å².